The molecule has 2 N–H and O–H groups in total. The van der Waals surface area contributed by atoms with Crippen molar-refractivity contribution in [2.45, 2.75) is 51.1 Å². The van der Waals surface area contributed by atoms with E-state index >= 15 is 0 Å². The van der Waals surface area contributed by atoms with Gasteiger partial charge in [0, 0.05) is 13.1 Å². The number of nitrogens with zero attached hydrogens (tertiary/aromatic N) is 5. The van der Waals surface area contributed by atoms with Gasteiger partial charge in [-0.2, -0.15) is 5.10 Å². The van der Waals surface area contributed by atoms with Crippen molar-refractivity contribution in [2.24, 2.45) is 7.05 Å². The van der Waals surface area contributed by atoms with Crippen molar-refractivity contribution in [2.75, 3.05) is 12.8 Å². The predicted molar refractivity (Wildman–Crippen MR) is 83.7 cm³/mol. The minimum atomic E-state index is 0.525. The summed E-state index contributed by atoms with van der Waals surface area (Å²) < 4.78 is 1.75. The van der Waals surface area contributed by atoms with Crippen LogP contribution in [-0.4, -0.2) is 37.7 Å². The van der Waals surface area contributed by atoms with E-state index in [2.05, 4.69) is 27.0 Å². The van der Waals surface area contributed by atoms with E-state index in [1.165, 1.54) is 38.5 Å². The average Bonchev–Trinajstić information content (AvgIpc) is 2.67. The summed E-state index contributed by atoms with van der Waals surface area (Å²) in [6.07, 6.45) is 9.68. The molecule has 0 radical (unpaired) electrons. The van der Waals surface area contributed by atoms with Crippen molar-refractivity contribution >= 4 is 16.9 Å². The van der Waals surface area contributed by atoms with Crippen LogP contribution >= 0.6 is 0 Å². The zero-order valence-corrected chi connectivity index (χ0v) is 12.9. The molecule has 0 amide bonds. The molecule has 0 saturated heterocycles. The minimum absolute atomic E-state index is 0.525. The van der Waals surface area contributed by atoms with Crippen molar-refractivity contribution in [3.8, 4) is 0 Å². The molecule has 0 atom stereocenters. The third-order valence-corrected chi connectivity index (χ3v) is 4.51. The quantitative estimate of drug-likeness (QED) is 0.876. The Hall–Kier alpha value is -1.69. The van der Waals surface area contributed by atoms with E-state index in [0.717, 1.165) is 23.4 Å². The van der Waals surface area contributed by atoms with Crippen LogP contribution in [0.25, 0.3) is 11.0 Å². The first kappa shape index (κ1) is 14.3. The molecular weight excluding hydrogens is 264 g/mol. The molecule has 0 unspecified atom stereocenters. The van der Waals surface area contributed by atoms with E-state index < -0.39 is 0 Å². The highest BCUT2D eigenvalue weighted by Crippen LogP contribution is 2.23. The van der Waals surface area contributed by atoms with Crippen molar-refractivity contribution in [1.82, 2.24) is 24.6 Å². The van der Waals surface area contributed by atoms with Gasteiger partial charge in [0.15, 0.2) is 5.65 Å². The standard InChI is InChI=1S/C15H24N6/c1-20(11-7-5-3-4-6-8-11)10-13-18-14(16)12-9-17-21(2)15(12)19-13/h9,11H,3-8,10H2,1-2H3,(H2,16,18,19). The summed E-state index contributed by atoms with van der Waals surface area (Å²) in [5, 5.41) is 5.03. The molecule has 2 heterocycles. The Bertz CT molecular complexity index is 612. The Morgan fingerprint density at radius 3 is 2.67 bits per heavy atom. The fourth-order valence-corrected chi connectivity index (χ4v) is 3.21. The molecule has 1 fully saturated rings. The number of nitrogen functional groups attached to an aromatic ring is 1. The third kappa shape index (κ3) is 3.00. The number of anilines is 1. The van der Waals surface area contributed by atoms with Gasteiger partial charge in [-0.05, 0) is 19.9 Å². The van der Waals surface area contributed by atoms with Crippen LogP contribution in [0.2, 0.25) is 0 Å². The summed E-state index contributed by atoms with van der Waals surface area (Å²) in [5.74, 6) is 1.31. The fraction of sp³-hybridized carbons (Fsp3) is 0.667. The minimum Gasteiger partial charge on any atom is -0.383 e. The van der Waals surface area contributed by atoms with Crippen molar-refractivity contribution in [1.29, 1.82) is 0 Å². The lowest BCUT2D eigenvalue weighted by Crippen LogP contribution is -2.31. The molecule has 0 spiro atoms. The molecular formula is C15H24N6. The number of nitrogens with two attached hydrogens (primary N) is 1. The molecule has 6 heteroatoms. The maximum absolute atomic E-state index is 6.03. The van der Waals surface area contributed by atoms with Crippen LogP contribution in [0.3, 0.4) is 0 Å². The molecule has 1 aliphatic carbocycles. The maximum Gasteiger partial charge on any atom is 0.163 e. The van der Waals surface area contributed by atoms with Crippen LogP contribution in [0.1, 0.15) is 44.3 Å². The largest absolute Gasteiger partial charge is 0.383 e. The Morgan fingerprint density at radius 1 is 1.24 bits per heavy atom. The normalized spacial score (nSPS) is 17.5. The lowest BCUT2D eigenvalue weighted by Gasteiger charge is -2.26. The smallest absolute Gasteiger partial charge is 0.163 e. The molecule has 0 bridgehead atoms. The van der Waals surface area contributed by atoms with Crippen molar-refractivity contribution < 1.29 is 0 Å². The third-order valence-electron chi connectivity index (χ3n) is 4.51. The Labute approximate surface area is 125 Å². The van der Waals surface area contributed by atoms with Crippen LogP contribution in [0.5, 0.6) is 0 Å². The van der Waals surface area contributed by atoms with Gasteiger partial charge in [0.25, 0.3) is 0 Å². The van der Waals surface area contributed by atoms with Gasteiger partial charge >= 0.3 is 0 Å². The van der Waals surface area contributed by atoms with E-state index in [9.17, 15) is 0 Å². The van der Waals surface area contributed by atoms with Gasteiger partial charge in [0.1, 0.15) is 11.6 Å². The predicted octanol–water partition coefficient (Wildman–Crippen LogP) is 2.10. The molecule has 1 saturated carbocycles. The van der Waals surface area contributed by atoms with Crippen LogP contribution in [-0.2, 0) is 13.6 Å². The number of aryl methyl sites for hydroxylation is 1. The maximum atomic E-state index is 6.03. The van der Waals surface area contributed by atoms with E-state index in [0.29, 0.717) is 11.9 Å². The van der Waals surface area contributed by atoms with Gasteiger partial charge in [0.05, 0.1) is 18.1 Å². The lowest BCUT2D eigenvalue weighted by atomic mass is 10.1. The highest BCUT2D eigenvalue weighted by molar-refractivity contribution is 5.84. The molecule has 0 aromatic carbocycles. The molecule has 2 aromatic heterocycles. The highest BCUT2D eigenvalue weighted by atomic mass is 15.3. The topological polar surface area (TPSA) is 72.9 Å². The molecule has 2 aromatic rings. The number of aromatic nitrogens is 4. The van der Waals surface area contributed by atoms with Gasteiger partial charge in [-0.15, -0.1) is 0 Å². The fourth-order valence-electron chi connectivity index (χ4n) is 3.21. The number of hydrogen-bond donors (Lipinski definition) is 1. The van der Waals surface area contributed by atoms with E-state index in [-0.39, 0.29) is 0 Å². The molecule has 3 rings (SSSR count). The zero-order chi connectivity index (χ0) is 14.8. The van der Waals surface area contributed by atoms with E-state index in [1.807, 2.05) is 7.05 Å². The zero-order valence-electron chi connectivity index (χ0n) is 12.9. The first-order valence-corrected chi connectivity index (χ1v) is 7.79. The van der Waals surface area contributed by atoms with Gasteiger partial charge < -0.3 is 5.73 Å². The molecule has 114 valence electrons. The van der Waals surface area contributed by atoms with Gasteiger partial charge in [-0.25, -0.2) is 9.97 Å². The Morgan fingerprint density at radius 2 is 1.95 bits per heavy atom. The number of hydrogen-bond acceptors (Lipinski definition) is 5. The summed E-state index contributed by atoms with van der Waals surface area (Å²) in [7, 11) is 4.05. The van der Waals surface area contributed by atoms with Crippen molar-refractivity contribution in [3.05, 3.63) is 12.0 Å². The van der Waals surface area contributed by atoms with Crippen LogP contribution in [0.4, 0.5) is 5.82 Å². The van der Waals surface area contributed by atoms with Gasteiger partial charge in [-0.3, -0.25) is 9.58 Å². The SMILES string of the molecule is CN(Cc1nc(N)c2cnn(C)c2n1)C1CCCCCC1. The first-order valence-electron chi connectivity index (χ1n) is 7.79. The molecule has 21 heavy (non-hydrogen) atoms. The van der Waals surface area contributed by atoms with Crippen LogP contribution in [0.15, 0.2) is 6.20 Å². The summed E-state index contributed by atoms with van der Waals surface area (Å²) >= 11 is 0. The van der Waals surface area contributed by atoms with Crippen molar-refractivity contribution in [3.63, 3.8) is 0 Å². The average molecular weight is 288 g/mol. The monoisotopic (exact) mass is 288 g/mol. The number of rotatable bonds is 3. The highest BCUT2D eigenvalue weighted by Gasteiger charge is 2.18. The van der Waals surface area contributed by atoms with Crippen LogP contribution < -0.4 is 5.73 Å². The molecule has 1 aliphatic rings. The second-order valence-corrected chi connectivity index (χ2v) is 6.09. The molecule has 0 aliphatic heterocycles. The van der Waals surface area contributed by atoms with Crippen LogP contribution in [0, 0.1) is 0 Å². The van der Waals surface area contributed by atoms with Gasteiger partial charge in [0.2, 0.25) is 0 Å². The van der Waals surface area contributed by atoms with E-state index in [1.54, 1.807) is 10.9 Å². The summed E-state index contributed by atoms with van der Waals surface area (Å²) in [4.78, 5) is 11.4. The Balaban J connectivity index is 1.78. The lowest BCUT2D eigenvalue weighted by molar-refractivity contribution is 0.208. The summed E-state index contributed by atoms with van der Waals surface area (Å²) in [5.41, 5.74) is 6.84. The van der Waals surface area contributed by atoms with Gasteiger partial charge in [-0.1, -0.05) is 25.7 Å². The second kappa shape index (κ2) is 5.97. The summed E-state index contributed by atoms with van der Waals surface area (Å²) in [6, 6.07) is 0.638. The second-order valence-electron chi connectivity index (χ2n) is 6.09. The molecule has 6 nitrogen and oxygen atoms in total. The first-order chi connectivity index (χ1) is 10.1. The Kier molecular flexibility index (Phi) is 4.05. The summed E-state index contributed by atoms with van der Waals surface area (Å²) in [6.45, 7) is 0.746. The number of fused-ring (bicyclic) bond motifs is 1. The van der Waals surface area contributed by atoms with E-state index in [4.69, 9.17) is 5.73 Å².